The van der Waals surface area contributed by atoms with Gasteiger partial charge in [-0.1, -0.05) is 24.3 Å². The Kier molecular flexibility index (Phi) is 4.45. The van der Waals surface area contributed by atoms with Crippen molar-refractivity contribution in [1.82, 2.24) is 9.55 Å². The van der Waals surface area contributed by atoms with Gasteiger partial charge in [-0.2, -0.15) is 13.2 Å². The van der Waals surface area contributed by atoms with Crippen LogP contribution in [0.4, 0.5) is 23.2 Å². The third-order valence-corrected chi connectivity index (χ3v) is 3.57. The Hall–Kier alpha value is -3.23. The van der Waals surface area contributed by atoms with Crippen LogP contribution in [0.15, 0.2) is 53.3 Å². The third kappa shape index (κ3) is 3.41. The van der Waals surface area contributed by atoms with Crippen LogP contribution in [0.2, 0.25) is 0 Å². The topological polar surface area (TPSA) is 64.0 Å². The molecule has 1 heterocycles. The second-order valence-corrected chi connectivity index (χ2v) is 5.37. The minimum absolute atomic E-state index is 0.0641. The number of carbonyl (C=O) groups is 1. The molecule has 5 nitrogen and oxygen atoms in total. The maximum absolute atomic E-state index is 13.6. The summed E-state index contributed by atoms with van der Waals surface area (Å²) in [7, 11) is 0. The molecule has 26 heavy (non-hydrogen) atoms. The highest BCUT2D eigenvalue weighted by atomic mass is 19.4. The molecule has 0 unspecified atom stereocenters. The fraction of sp³-hybridized carbons (Fsp3) is 0.118. The number of para-hydroxylation sites is 3. The van der Waals surface area contributed by atoms with Crippen molar-refractivity contribution in [3.05, 3.63) is 70.4 Å². The van der Waals surface area contributed by atoms with Crippen LogP contribution in [0.3, 0.4) is 0 Å². The first-order chi connectivity index (χ1) is 12.3. The molecule has 0 saturated heterocycles. The molecular formula is C17H11F4N3O2. The monoisotopic (exact) mass is 365 g/mol. The van der Waals surface area contributed by atoms with Gasteiger partial charge in [0.25, 0.3) is 5.56 Å². The zero-order chi connectivity index (χ0) is 18.9. The molecule has 0 bridgehead atoms. The van der Waals surface area contributed by atoms with Gasteiger partial charge in [0.05, 0.1) is 16.7 Å². The number of alkyl halides is 3. The van der Waals surface area contributed by atoms with Gasteiger partial charge < -0.3 is 5.32 Å². The van der Waals surface area contributed by atoms with E-state index >= 15 is 0 Å². The van der Waals surface area contributed by atoms with Crippen molar-refractivity contribution < 1.29 is 22.4 Å². The van der Waals surface area contributed by atoms with Crippen LogP contribution < -0.4 is 10.9 Å². The number of aromatic nitrogens is 2. The van der Waals surface area contributed by atoms with Gasteiger partial charge >= 0.3 is 6.18 Å². The molecule has 9 heteroatoms. The van der Waals surface area contributed by atoms with Gasteiger partial charge in [-0.25, -0.2) is 9.37 Å². The molecule has 1 amide bonds. The Labute approximate surface area is 143 Å². The second-order valence-electron chi connectivity index (χ2n) is 5.37. The minimum Gasteiger partial charge on any atom is -0.322 e. The number of hydrogen-bond donors (Lipinski definition) is 1. The van der Waals surface area contributed by atoms with Crippen LogP contribution in [0.25, 0.3) is 11.0 Å². The standard InChI is InChI=1S/C17H11F4N3O2/c18-10-5-1-2-6-11(10)22-14(25)9-24-13-8-4-3-7-12(13)23-15(16(24)26)17(19,20)21/h1-8H,9H2,(H,22,25). The third-order valence-electron chi connectivity index (χ3n) is 3.57. The van der Waals surface area contributed by atoms with Crippen LogP contribution in [0, 0.1) is 5.82 Å². The van der Waals surface area contributed by atoms with Crippen molar-refractivity contribution in [2.75, 3.05) is 5.32 Å². The number of nitrogens with zero attached hydrogens (tertiary/aromatic N) is 2. The van der Waals surface area contributed by atoms with E-state index in [0.29, 0.717) is 4.57 Å². The zero-order valence-electron chi connectivity index (χ0n) is 13.0. The van der Waals surface area contributed by atoms with E-state index < -0.39 is 35.7 Å². The first-order valence-electron chi connectivity index (χ1n) is 7.38. The number of nitrogens with one attached hydrogen (secondary N) is 1. The number of amides is 1. The Balaban J connectivity index is 2.04. The number of carbonyl (C=O) groups excluding carboxylic acids is 1. The zero-order valence-corrected chi connectivity index (χ0v) is 13.0. The summed E-state index contributed by atoms with van der Waals surface area (Å²) in [5.41, 5.74) is -3.22. The van der Waals surface area contributed by atoms with Gasteiger partial charge in [-0.15, -0.1) is 0 Å². The smallest absolute Gasteiger partial charge is 0.322 e. The Morgan fingerprint density at radius 1 is 1.08 bits per heavy atom. The van der Waals surface area contributed by atoms with E-state index in [0.717, 1.165) is 6.07 Å². The predicted molar refractivity (Wildman–Crippen MR) is 86.0 cm³/mol. The number of benzene rings is 2. The van der Waals surface area contributed by atoms with Crippen LogP contribution >= 0.6 is 0 Å². The first-order valence-corrected chi connectivity index (χ1v) is 7.38. The maximum atomic E-state index is 13.6. The molecule has 3 aromatic rings. The molecule has 1 N–H and O–H groups in total. The van der Waals surface area contributed by atoms with Gasteiger partial charge in [0.15, 0.2) is 0 Å². The average Bonchev–Trinajstić information content (AvgIpc) is 2.58. The summed E-state index contributed by atoms with van der Waals surface area (Å²) in [6.45, 7) is -0.723. The van der Waals surface area contributed by atoms with Crippen LogP contribution in [0.5, 0.6) is 0 Å². The van der Waals surface area contributed by atoms with Gasteiger partial charge in [-0.05, 0) is 24.3 Å². The van der Waals surface area contributed by atoms with Crippen molar-refractivity contribution in [3.63, 3.8) is 0 Å². The van der Waals surface area contributed by atoms with Crippen molar-refractivity contribution in [2.24, 2.45) is 0 Å². The fourth-order valence-corrected chi connectivity index (χ4v) is 2.43. The quantitative estimate of drug-likeness (QED) is 0.725. The Morgan fingerprint density at radius 2 is 1.73 bits per heavy atom. The van der Waals surface area contributed by atoms with E-state index in [-0.39, 0.29) is 16.7 Å². The van der Waals surface area contributed by atoms with Gasteiger partial charge in [-0.3, -0.25) is 14.2 Å². The van der Waals surface area contributed by atoms with E-state index in [1.807, 2.05) is 0 Å². The molecule has 0 aliphatic rings. The number of rotatable bonds is 3. The molecular weight excluding hydrogens is 354 g/mol. The lowest BCUT2D eigenvalue weighted by molar-refractivity contribution is -0.142. The molecule has 134 valence electrons. The summed E-state index contributed by atoms with van der Waals surface area (Å²) in [5, 5.41) is 2.23. The molecule has 1 aromatic heterocycles. The van der Waals surface area contributed by atoms with Gasteiger partial charge in [0.2, 0.25) is 11.6 Å². The molecule has 0 atom stereocenters. The van der Waals surface area contributed by atoms with Crippen molar-refractivity contribution in [3.8, 4) is 0 Å². The first kappa shape index (κ1) is 17.6. The lowest BCUT2D eigenvalue weighted by Gasteiger charge is -2.13. The summed E-state index contributed by atoms with van der Waals surface area (Å²) in [5.74, 6) is -1.55. The largest absolute Gasteiger partial charge is 0.438 e. The highest BCUT2D eigenvalue weighted by molar-refractivity contribution is 5.91. The molecule has 0 aliphatic heterocycles. The number of halogens is 4. The number of hydrogen-bond acceptors (Lipinski definition) is 3. The lowest BCUT2D eigenvalue weighted by Crippen LogP contribution is -2.34. The van der Waals surface area contributed by atoms with E-state index in [9.17, 15) is 27.2 Å². The van der Waals surface area contributed by atoms with Gasteiger partial charge in [0, 0.05) is 0 Å². The summed E-state index contributed by atoms with van der Waals surface area (Å²) in [4.78, 5) is 27.7. The van der Waals surface area contributed by atoms with Crippen LogP contribution in [-0.2, 0) is 17.5 Å². The van der Waals surface area contributed by atoms with E-state index in [1.54, 1.807) is 0 Å². The molecule has 0 saturated carbocycles. The van der Waals surface area contributed by atoms with E-state index in [4.69, 9.17) is 0 Å². The van der Waals surface area contributed by atoms with Crippen molar-refractivity contribution in [1.29, 1.82) is 0 Å². The normalized spacial score (nSPS) is 11.5. The average molecular weight is 365 g/mol. The van der Waals surface area contributed by atoms with E-state index in [2.05, 4.69) is 10.3 Å². The molecule has 0 radical (unpaired) electrons. The summed E-state index contributed by atoms with van der Waals surface area (Å²) >= 11 is 0. The fourth-order valence-electron chi connectivity index (χ4n) is 2.43. The predicted octanol–water partition coefficient (Wildman–Crippen LogP) is 3.19. The summed E-state index contributed by atoms with van der Waals surface area (Å²) in [6.07, 6.45) is -4.97. The minimum atomic E-state index is -4.97. The SMILES string of the molecule is O=C(Cn1c(=O)c(C(F)(F)F)nc2ccccc21)Nc1ccccc1F. The van der Waals surface area contributed by atoms with Crippen LogP contribution in [-0.4, -0.2) is 15.5 Å². The number of fused-ring (bicyclic) bond motifs is 1. The van der Waals surface area contributed by atoms with E-state index in [1.165, 1.54) is 42.5 Å². The Bertz CT molecular complexity index is 1040. The maximum Gasteiger partial charge on any atom is 0.438 e. The molecule has 2 aromatic carbocycles. The lowest BCUT2D eigenvalue weighted by atomic mass is 10.2. The highest BCUT2D eigenvalue weighted by Crippen LogP contribution is 2.26. The molecule has 3 rings (SSSR count). The highest BCUT2D eigenvalue weighted by Gasteiger charge is 2.37. The molecule has 0 fully saturated rings. The number of anilines is 1. The van der Waals surface area contributed by atoms with Gasteiger partial charge in [0.1, 0.15) is 12.4 Å². The Morgan fingerprint density at radius 3 is 2.42 bits per heavy atom. The second kappa shape index (κ2) is 6.58. The molecule has 0 aliphatic carbocycles. The summed E-state index contributed by atoms with van der Waals surface area (Å²) in [6, 6.07) is 10.9. The van der Waals surface area contributed by atoms with Crippen LogP contribution in [0.1, 0.15) is 5.69 Å². The molecule has 0 spiro atoms. The van der Waals surface area contributed by atoms with Crippen molar-refractivity contribution in [2.45, 2.75) is 12.7 Å². The summed E-state index contributed by atoms with van der Waals surface area (Å²) < 4.78 is 53.5. The van der Waals surface area contributed by atoms with Crippen molar-refractivity contribution >= 4 is 22.6 Å².